The van der Waals surface area contributed by atoms with E-state index in [2.05, 4.69) is 27.7 Å². The number of carbonyl (C=O) groups is 1. The highest BCUT2D eigenvalue weighted by Crippen LogP contribution is 2.18. The molecule has 2 aromatic rings. The molecule has 3 rings (SSSR count). The molecule has 0 radical (unpaired) electrons. The first-order valence-corrected chi connectivity index (χ1v) is 10.5. The average molecular weight is 410 g/mol. The molecule has 0 atom stereocenters. The van der Waals surface area contributed by atoms with Gasteiger partial charge in [0, 0.05) is 18.8 Å². The Bertz CT molecular complexity index is 815. The van der Waals surface area contributed by atoms with Crippen molar-refractivity contribution in [1.29, 1.82) is 0 Å². The summed E-state index contributed by atoms with van der Waals surface area (Å²) in [7, 11) is 1.61. The summed E-state index contributed by atoms with van der Waals surface area (Å²) in [5, 5.41) is 5.56. The lowest BCUT2D eigenvalue weighted by Crippen LogP contribution is -2.29. The quantitative estimate of drug-likeness (QED) is 0.601. The molecule has 6 heteroatoms. The van der Waals surface area contributed by atoms with Crippen molar-refractivity contribution in [2.45, 2.75) is 25.8 Å². The zero-order valence-electron chi connectivity index (χ0n) is 17.6. The largest absolute Gasteiger partial charge is 0.497 e. The minimum atomic E-state index is -0.254. The van der Waals surface area contributed by atoms with Crippen LogP contribution in [0.5, 0.6) is 11.5 Å². The molecule has 160 valence electrons. The fourth-order valence-corrected chi connectivity index (χ4v) is 3.41. The minimum absolute atomic E-state index is 0.254. The summed E-state index contributed by atoms with van der Waals surface area (Å²) in [5.74, 6) is 1.63. The molecule has 1 heterocycles. The molecule has 0 aromatic heterocycles. The van der Waals surface area contributed by atoms with Crippen LogP contribution in [0.3, 0.4) is 0 Å². The maximum atomic E-state index is 11.9. The number of carbonyl (C=O) groups excluding carboxylic acids is 1. The summed E-state index contributed by atoms with van der Waals surface area (Å²) in [6.45, 7) is 4.26. The Hall–Kier alpha value is -2.99. The van der Waals surface area contributed by atoms with E-state index in [1.165, 1.54) is 37.9 Å². The Balaban J connectivity index is 1.33. The standard InChI is InChI=1S/C24H31N3O3/c1-29-22-12-10-21(11-13-22)26-24(28)25-14-3-6-17-30-23-9-7-8-20(18-23)19-27-15-4-2-5-16-27/h3,6-13,18H,2,4-5,14-17,19H2,1H3,(H2,25,26,28)/b6-3+. The highest BCUT2D eigenvalue weighted by atomic mass is 16.5. The predicted octanol–water partition coefficient (Wildman–Crippen LogP) is 4.44. The highest BCUT2D eigenvalue weighted by molar-refractivity contribution is 5.89. The number of rotatable bonds is 9. The van der Waals surface area contributed by atoms with E-state index in [0.29, 0.717) is 18.8 Å². The van der Waals surface area contributed by atoms with Crippen LogP contribution in [0.15, 0.2) is 60.7 Å². The van der Waals surface area contributed by atoms with Gasteiger partial charge in [0.05, 0.1) is 7.11 Å². The molecule has 0 saturated carbocycles. The van der Waals surface area contributed by atoms with Crippen LogP contribution in [-0.2, 0) is 6.54 Å². The summed E-state index contributed by atoms with van der Waals surface area (Å²) in [4.78, 5) is 14.4. The van der Waals surface area contributed by atoms with E-state index in [1.807, 2.05) is 24.3 Å². The van der Waals surface area contributed by atoms with E-state index in [9.17, 15) is 4.79 Å². The molecular formula is C24H31N3O3. The number of amides is 2. The molecule has 1 saturated heterocycles. The maximum absolute atomic E-state index is 11.9. The minimum Gasteiger partial charge on any atom is -0.497 e. The van der Waals surface area contributed by atoms with Crippen LogP contribution in [0.25, 0.3) is 0 Å². The second-order valence-electron chi connectivity index (χ2n) is 7.33. The lowest BCUT2D eigenvalue weighted by molar-refractivity contribution is 0.220. The molecule has 2 aromatic carbocycles. The number of ether oxygens (including phenoxy) is 2. The smallest absolute Gasteiger partial charge is 0.319 e. The van der Waals surface area contributed by atoms with Gasteiger partial charge in [-0.05, 0) is 74.0 Å². The summed E-state index contributed by atoms with van der Waals surface area (Å²) < 4.78 is 10.9. The van der Waals surface area contributed by atoms with Crippen molar-refractivity contribution in [3.8, 4) is 11.5 Å². The summed E-state index contributed by atoms with van der Waals surface area (Å²) in [6, 6.07) is 15.2. The number of nitrogens with one attached hydrogen (secondary N) is 2. The molecule has 1 fully saturated rings. The molecule has 30 heavy (non-hydrogen) atoms. The van der Waals surface area contributed by atoms with Crippen molar-refractivity contribution in [2.75, 3.05) is 38.7 Å². The number of likely N-dealkylation sites (tertiary alicyclic amines) is 1. The number of anilines is 1. The number of piperidine rings is 1. The third kappa shape index (κ3) is 7.44. The molecule has 2 amide bonds. The van der Waals surface area contributed by atoms with Crippen molar-refractivity contribution >= 4 is 11.7 Å². The fourth-order valence-electron chi connectivity index (χ4n) is 3.41. The van der Waals surface area contributed by atoms with Gasteiger partial charge in [-0.2, -0.15) is 0 Å². The Morgan fingerprint density at radius 3 is 2.60 bits per heavy atom. The van der Waals surface area contributed by atoms with Crippen LogP contribution < -0.4 is 20.1 Å². The summed E-state index contributed by atoms with van der Waals surface area (Å²) in [5.41, 5.74) is 2.00. The van der Waals surface area contributed by atoms with Crippen LogP contribution in [0.2, 0.25) is 0 Å². The van der Waals surface area contributed by atoms with Gasteiger partial charge in [0.2, 0.25) is 0 Å². The molecule has 2 N–H and O–H groups in total. The highest BCUT2D eigenvalue weighted by Gasteiger charge is 2.10. The SMILES string of the molecule is COc1ccc(NC(=O)NC/C=C/COc2cccc(CN3CCCCC3)c2)cc1. The topological polar surface area (TPSA) is 62.8 Å². The number of nitrogens with zero attached hydrogens (tertiary/aromatic N) is 1. The first kappa shape index (κ1) is 21.7. The van der Waals surface area contributed by atoms with Crippen molar-refractivity contribution in [2.24, 2.45) is 0 Å². The van der Waals surface area contributed by atoms with Gasteiger partial charge >= 0.3 is 6.03 Å². The molecule has 1 aliphatic heterocycles. The second-order valence-corrected chi connectivity index (χ2v) is 7.33. The molecule has 0 unspecified atom stereocenters. The van der Waals surface area contributed by atoms with E-state index < -0.39 is 0 Å². The Morgan fingerprint density at radius 1 is 1.03 bits per heavy atom. The molecule has 1 aliphatic rings. The van der Waals surface area contributed by atoms with Gasteiger partial charge in [-0.25, -0.2) is 4.79 Å². The van der Waals surface area contributed by atoms with Gasteiger partial charge < -0.3 is 20.1 Å². The van der Waals surface area contributed by atoms with Gasteiger partial charge in [0.25, 0.3) is 0 Å². The summed E-state index contributed by atoms with van der Waals surface area (Å²) in [6.07, 6.45) is 7.74. The van der Waals surface area contributed by atoms with Gasteiger partial charge in [0.1, 0.15) is 18.1 Å². The van der Waals surface area contributed by atoms with E-state index in [-0.39, 0.29) is 6.03 Å². The normalized spacial score (nSPS) is 14.4. The van der Waals surface area contributed by atoms with Crippen molar-refractivity contribution < 1.29 is 14.3 Å². The van der Waals surface area contributed by atoms with Crippen LogP contribution in [0, 0.1) is 0 Å². The first-order chi connectivity index (χ1) is 14.7. The zero-order chi connectivity index (χ0) is 21.0. The molecule has 0 bridgehead atoms. The molecule has 6 nitrogen and oxygen atoms in total. The second kappa shape index (κ2) is 11.9. The number of hydrogen-bond donors (Lipinski definition) is 2. The van der Waals surface area contributed by atoms with Crippen molar-refractivity contribution in [3.05, 3.63) is 66.2 Å². The van der Waals surface area contributed by atoms with Crippen molar-refractivity contribution in [3.63, 3.8) is 0 Å². The number of hydrogen-bond acceptors (Lipinski definition) is 4. The maximum Gasteiger partial charge on any atom is 0.319 e. The third-order valence-electron chi connectivity index (χ3n) is 4.99. The van der Waals surface area contributed by atoms with Gasteiger partial charge in [0.15, 0.2) is 0 Å². The van der Waals surface area contributed by atoms with Crippen LogP contribution >= 0.6 is 0 Å². The number of urea groups is 1. The fraction of sp³-hybridized carbons (Fsp3) is 0.375. The Labute approximate surface area is 178 Å². The van der Waals surface area contributed by atoms with Gasteiger partial charge in [-0.1, -0.05) is 24.6 Å². The van der Waals surface area contributed by atoms with E-state index >= 15 is 0 Å². The van der Waals surface area contributed by atoms with E-state index in [0.717, 1.165) is 18.0 Å². The molecular weight excluding hydrogens is 378 g/mol. The predicted molar refractivity (Wildman–Crippen MR) is 120 cm³/mol. The van der Waals surface area contributed by atoms with E-state index in [1.54, 1.807) is 31.4 Å². The Kier molecular flexibility index (Phi) is 8.60. The lowest BCUT2D eigenvalue weighted by atomic mass is 10.1. The van der Waals surface area contributed by atoms with Gasteiger partial charge in [-0.3, -0.25) is 4.90 Å². The zero-order valence-corrected chi connectivity index (χ0v) is 17.6. The first-order valence-electron chi connectivity index (χ1n) is 10.5. The lowest BCUT2D eigenvalue weighted by Gasteiger charge is -2.26. The average Bonchev–Trinajstić information content (AvgIpc) is 2.78. The monoisotopic (exact) mass is 409 g/mol. The number of benzene rings is 2. The summed E-state index contributed by atoms with van der Waals surface area (Å²) >= 11 is 0. The van der Waals surface area contributed by atoms with Crippen LogP contribution in [-0.4, -0.2) is 44.3 Å². The van der Waals surface area contributed by atoms with E-state index in [4.69, 9.17) is 9.47 Å². The van der Waals surface area contributed by atoms with Crippen LogP contribution in [0.1, 0.15) is 24.8 Å². The van der Waals surface area contributed by atoms with Crippen LogP contribution in [0.4, 0.5) is 10.5 Å². The number of methoxy groups -OCH3 is 1. The molecule has 0 aliphatic carbocycles. The third-order valence-corrected chi connectivity index (χ3v) is 4.99. The van der Waals surface area contributed by atoms with Crippen molar-refractivity contribution in [1.82, 2.24) is 10.2 Å². The Morgan fingerprint density at radius 2 is 1.83 bits per heavy atom. The molecule has 0 spiro atoms. The van der Waals surface area contributed by atoms with Gasteiger partial charge in [-0.15, -0.1) is 0 Å².